The standard InChI is InChI=1S/C24H32N4O5S/c1-23(2,3)33-22(32)27-11-7-10-16(27)20(30)26-24(12-15-8-5-4-6-9-15)13-18-28(21(24)31)17(14-34-18)19(25)29/h4-6,8-9,16-18H,7,10-14H2,1-3H3,(H2,25,29)(H,26,30)/t16-,17+,18+,24+/m0/s1. The molecule has 9 nitrogen and oxygen atoms in total. The number of thioether (sulfide) groups is 1. The van der Waals surface area contributed by atoms with Gasteiger partial charge in [-0.2, -0.15) is 0 Å². The van der Waals surface area contributed by atoms with Crippen LogP contribution in [0.2, 0.25) is 0 Å². The zero-order valence-electron chi connectivity index (χ0n) is 19.8. The largest absolute Gasteiger partial charge is 0.444 e. The molecule has 4 amide bonds. The molecule has 3 aliphatic heterocycles. The number of primary amides is 1. The van der Waals surface area contributed by atoms with Crippen LogP contribution >= 0.6 is 11.8 Å². The number of nitrogens with two attached hydrogens (primary N) is 1. The van der Waals surface area contributed by atoms with Gasteiger partial charge >= 0.3 is 6.09 Å². The molecule has 0 spiro atoms. The molecule has 3 fully saturated rings. The minimum atomic E-state index is -1.22. The topological polar surface area (TPSA) is 122 Å². The molecule has 0 unspecified atom stereocenters. The fraction of sp³-hybridized carbons (Fsp3) is 0.583. The van der Waals surface area contributed by atoms with Crippen molar-refractivity contribution in [2.45, 2.75) is 75.1 Å². The number of ether oxygens (including phenoxy) is 1. The quantitative estimate of drug-likeness (QED) is 0.650. The molecule has 0 aliphatic carbocycles. The molecule has 3 saturated heterocycles. The van der Waals surface area contributed by atoms with Crippen LogP contribution in [0.4, 0.5) is 4.79 Å². The number of hydrogen-bond donors (Lipinski definition) is 2. The Labute approximate surface area is 203 Å². The maximum absolute atomic E-state index is 13.8. The molecule has 1 aromatic carbocycles. The van der Waals surface area contributed by atoms with Gasteiger partial charge in [0, 0.05) is 25.1 Å². The molecule has 184 valence electrons. The fourth-order valence-electron chi connectivity index (χ4n) is 4.98. The third-order valence-electron chi connectivity index (χ3n) is 6.48. The van der Waals surface area contributed by atoms with Crippen LogP contribution in [0.25, 0.3) is 0 Å². The van der Waals surface area contributed by atoms with Gasteiger partial charge in [-0.1, -0.05) is 30.3 Å². The van der Waals surface area contributed by atoms with Gasteiger partial charge in [-0.25, -0.2) is 4.79 Å². The van der Waals surface area contributed by atoms with Gasteiger partial charge in [0.1, 0.15) is 23.2 Å². The van der Waals surface area contributed by atoms with Crippen molar-refractivity contribution in [2.24, 2.45) is 5.73 Å². The summed E-state index contributed by atoms with van der Waals surface area (Å²) in [5, 5.41) is 2.79. The van der Waals surface area contributed by atoms with E-state index in [1.165, 1.54) is 21.6 Å². The lowest BCUT2D eigenvalue weighted by molar-refractivity contribution is -0.141. The highest BCUT2D eigenvalue weighted by atomic mass is 32.2. The lowest BCUT2D eigenvalue weighted by atomic mass is 9.88. The van der Waals surface area contributed by atoms with Crippen LogP contribution in [0.3, 0.4) is 0 Å². The Bertz CT molecular complexity index is 981. The van der Waals surface area contributed by atoms with Crippen LogP contribution < -0.4 is 11.1 Å². The lowest BCUT2D eigenvalue weighted by Crippen LogP contribution is -2.61. The van der Waals surface area contributed by atoms with Crippen molar-refractivity contribution in [1.29, 1.82) is 0 Å². The number of benzene rings is 1. The van der Waals surface area contributed by atoms with Gasteiger partial charge < -0.3 is 20.7 Å². The smallest absolute Gasteiger partial charge is 0.410 e. The summed E-state index contributed by atoms with van der Waals surface area (Å²) >= 11 is 1.51. The van der Waals surface area contributed by atoms with Crippen LogP contribution in [0.1, 0.15) is 45.6 Å². The molecule has 3 N–H and O–H groups in total. The highest BCUT2D eigenvalue weighted by Gasteiger charge is 2.58. The van der Waals surface area contributed by atoms with Crippen molar-refractivity contribution < 1.29 is 23.9 Å². The minimum absolute atomic E-state index is 0.237. The van der Waals surface area contributed by atoms with E-state index in [1.807, 2.05) is 30.3 Å². The van der Waals surface area contributed by atoms with E-state index in [-0.39, 0.29) is 23.6 Å². The molecule has 3 aliphatic rings. The first-order valence-corrected chi connectivity index (χ1v) is 12.6. The summed E-state index contributed by atoms with van der Waals surface area (Å²) in [4.78, 5) is 55.0. The molecular weight excluding hydrogens is 456 g/mol. The summed E-state index contributed by atoms with van der Waals surface area (Å²) < 4.78 is 5.49. The van der Waals surface area contributed by atoms with Crippen molar-refractivity contribution >= 4 is 35.6 Å². The third-order valence-corrected chi connectivity index (χ3v) is 7.77. The van der Waals surface area contributed by atoms with Crippen LogP contribution in [0.5, 0.6) is 0 Å². The van der Waals surface area contributed by atoms with Crippen molar-refractivity contribution in [1.82, 2.24) is 15.1 Å². The highest BCUT2D eigenvalue weighted by Crippen LogP contribution is 2.43. The second-order valence-corrected chi connectivity index (χ2v) is 11.4. The van der Waals surface area contributed by atoms with E-state index in [0.717, 1.165) is 5.56 Å². The number of likely N-dealkylation sites (tertiary alicyclic amines) is 1. The first kappa shape index (κ1) is 24.4. The van der Waals surface area contributed by atoms with E-state index < -0.39 is 35.2 Å². The number of rotatable bonds is 5. The molecular formula is C24H32N4O5S. The summed E-state index contributed by atoms with van der Waals surface area (Å²) in [6, 6.07) is 8.06. The maximum Gasteiger partial charge on any atom is 0.410 e. The number of fused-ring (bicyclic) bond motifs is 1. The van der Waals surface area contributed by atoms with Gasteiger partial charge in [0.15, 0.2) is 0 Å². The van der Waals surface area contributed by atoms with Gasteiger partial charge in [0.25, 0.3) is 0 Å². The van der Waals surface area contributed by atoms with E-state index in [9.17, 15) is 19.2 Å². The maximum atomic E-state index is 13.8. The van der Waals surface area contributed by atoms with Crippen molar-refractivity contribution in [3.8, 4) is 0 Å². The lowest BCUT2D eigenvalue weighted by Gasteiger charge is -2.33. The second kappa shape index (κ2) is 9.13. The Morgan fingerprint density at radius 1 is 1.21 bits per heavy atom. The zero-order valence-corrected chi connectivity index (χ0v) is 20.6. The molecule has 10 heteroatoms. The zero-order chi connectivity index (χ0) is 24.7. The van der Waals surface area contributed by atoms with E-state index in [4.69, 9.17) is 10.5 Å². The number of carbonyl (C=O) groups is 4. The number of carbonyl (C=O) groups excluding carboxylic acids is 4. The fourth-order valence-corrected chi connectivity index (χ4v) is 6.52. The third kappa shape index (κ3) is 4.73. The Morgan fingerprint density at radius 2 is 1.91 bits per heavy atom. The second-order valence-electron chi connectivity index (χ2n) is 10.2. The first-order chi connectivity index (χ1) is 16.0. The van der Waals surface area contributed by atoms with E-state index in [2.05, 4.69) is 5.32 Å². The predicted molar refractivity (Wildman–Crippen MR) is 128 cm³/mol. The molecule has 0 saturated carbocycles. The molecule has 3 heterocycles. The summed E-state index contributed by atoms with van der Waals surface area (Å²) in [6.45, 7) is 5.76. The monoisotopic (exact) mass is 488 g/mol. The Balaban J connectivity index is 1.59. The highest BCUT2D eigenvalue weighted by molar-refractivity contribution is 8.00. The van der Waals surface area contributed by atoms with Gasteiger partial charge in [-0.05, 0) is 39.2 Å². The molecule has 1 aromatic rings. The molecule has 0 aromatic heterocycles. The van der Waals surface area contributed by atoms with E-state index in [0.29, 0.717) is 31.6 Å². The van der Waals surface area contributed by atoms with E-state index >= 15 is 0 Å². The SMILES string of the molecule is CC(C)(C)OC(=O)N1CCC[C@H]1C(=O)N[C@]1(Cc2ccccc2)C[C@H]2SC[C@H](C(N)=O)N2C1=O. The minimum Gasteiger partial charge on any atom is -0.444 e. The summed E-state index contributed by atoms with van der Waals surface area (Å²) in [5.41, 5.74) is 4.57. The predicted octanol–water partition coefficient (Wildman–Crippen LogP) is 1.64. The molecule has 34 heavy (non-hydrogen) atoms. The van der Waals surface area contributed by atoms with E-state index in [1.54, 1.807) is 20.8 Å². The molecule has 4 atom stereocenters. The Hall–Kier alpha value is -2.75. The molecule has 0 radical (unpaired) electrons. The van der Waals surface area contributed by atoms with Gasteiger partial charge in [-0.15, -0.1) is 11.8 Å². The van der Waals surface area contributed by atoms with Gasteiger partial charge in [-0.3, -0.25) is 19.3 Å². The van der Waals surface area contributed by atoms with Crippen molar-refractivity contribution in [3.63, 3.8) is 0 Å². The number of nitrogens with zero attached hydrogens (tertiary/aromatic N) is 2. The summed E-state index contributed by atoms with van der Waals surface area (Å²) in [7, 11) is 0. The summed E-state index contributed by atoms with van der Waals surface area (Å²) in [6.07, 6.45) is 1.28. The van der Waals surface area contributed by atoms with Gasteiger partial charge in [0.2, 0.25) is 17.7 Å². The van der Waals surface area contributed by atoms with Crippen LogP contribution in [-0.2, 0) is 25.5 Å². The van der Waals surface area contributed by atoms with Crippen molar-refractivity contribution in [2.75, 3.05) is 12.3 Å². The molecule has 0 bridgehead atoms. The van der Waals surface area contributed by atoms with Gasteiger partial charge in [0.05, 0.1) is 5.37 Å². The average molecular weight is 489 g/mol. The number of amides is 4. The Kier molecular flexibility index (Phi) is 6.54. The summed E-state index contributed by atoms with van der Waals surface area (Å²) in [5.74, 6) is -0.771. The molecule has 4 rings (SSSR count). The Morgan fingerprint density at radius 3 is 2.56 bits per heavy atom. The number of hydrogen-bond acceptors (Lipinski definition) is 6. The van der Waals surface area contributed by atoms with Crippen LogP contribution in [0.15, 0.2) is 30.3 Å². The van der Waals surface area contributed by atoms with Crippen molar-refractivity contribution in [3.05, 3.63) is 35.9 Å². The normalized spacial score (nSPS) is 28.7. The van der Waals surface area contributed by atoms with Crippen LogP contribution in [-0.4, -0.2) is 74.5 Å². The first-order valence-electron chi connectivity index (χ1n) is 11.6. The average Bonchev–Trinajstić information content (AvgIpc) is 3.44. The van der Waals surface area contributed by atoms with Crippen LogP contribution in [0, 0.1) is 0 Å². The number of nitrogens with one attached hydrogen (secondary N) is 1.